The van der Waals surface area contributed by atoms with Crippen LogP contribution in [0, 0.1) is 0 Å². The fourth-order valence-corrected chi connectivity index (χ4v) is 3.82. The second-order valence-corrected chi connectivity index (χ2v) is 7.93. The van der Waals surface area contributed by atoms with E-state index < -0.39 is 5.25 Å². The molecule has 0 saturated heterocycles. The first-order chi connectivity index (χ1) is 13.8. The Balaban J connectivity index is 1.83. The monoisotopic (exact) mass is 433 g/mol. The molecule has 152 valence electrons. The van der Waals surface area contributed by atoms with Crippen LogP contribution in [0.1, 0.15) is 6.92 Å². The van der Waals surface area contributed by atoms with Gasteiger partial charge in [0.05, 0.1) is 41.1 Å². The first kappa shape index (κ1) is 21.0. The van der Waals surface area contributed by atoms with Gasteiger partial charge in [-0.2, -0.15) is 0 Å². The van der Waals surface area contributed by atoms with Crippen molar-refractivity contribution in [3.05, 3.63) is 51.8 Å². The molecule has 1 N–H and O–H groups in total. The molecule has 1 aromatic heterocycles. The molecule has 1 unspecified atom stereocenters. The highest BCUT2D eigenvalue weighted by atomic mass is 35.5. The molecule has 3 rings (SSSR count). The summed E-state index contributed by atoms with van der Waals surface area (Å²) in [6, 6.07) is 10.3. The number of nitrogens with zero attached hydrogens (tertiary/aromatic N) is 2. The van der Waals surface area contributed by atoms with Gasteiger partial charge in [-0.05, 0) is 25.1 Å². The van der Waals surface area contributed by atoms with E-state index in [1.807, 2.05) is 6.07 Å². The number of benzene rings is 2. The number of thioether (sulfide) groups is 1. The van der Waals surface area contributed by atoms with E-state index in [-0.39, 0.29) is 11.5 Å². The topological polar surface area (TPSA) is 82.5 Å². The predicted octanol–water partition coefficient (Wildman–Crippen LogP) is 3.72. The number of hydrogen-bond acceptors (Lipinski definition) is 6. The molecule has 1 atom stereocenters. The van der Waals surface area contributed by atoms with Gasteiger partial charge in [-0.3, -0.25) is 14.2 Å². The van der Waals surface area contributed by atoms with Crippen molar-refractivity contribution >= 4 is 45.9 Å². The Kier molecular flexibility index (Phi) is 6.34. The third-order valence-electron chi connectivity index (χ3n) is 4.33. The van der Waals surface area contributed by atoms with Gasteiger partial charge in [0.1, 0.15) is 11.5 Å². The minimum atomic E-state index is -0.528. The normalized spacial score (nSPS) is 11.9. The molecule has 1 amide bonds. The molecule has 2 aromatic carbocycles. The number of anilines is 1. The number of carbonyl (C=O) groups is 1. The highest BCUT2D eigenvalue weighted by molar-refractivity contribution is 8.00. The van der Waals surface area contributed by atoms with Crippen LogP contribution in [0.4, 0.5) is 5.69 Å². The quantitative estimate of drug-likeness (QED) is 0.471. The van der Waals surface area contributed by atoms with Crippen molar-refractivity contribution < 1.29 is 14.3 Å². The van der Waals surface area contributed by atoms with Gasteiger partial charge < -0.3 is 14.8 Å². The van der Waals surface area contributed by atoms with Crippen molar-refractivity contribution in [1.82, 2.24) is 9.55 Å². The number of nitrogens with one attached hydrogen (secondary N) is 1. The van der Waals surface area contributed by atoms with E-state index in [0.29, 0.717) is 38.3 Å². The molecule has 0 radical (unpaired) electrons. The van der Waals surface area contributed by atoms with E-state index in [0.717, 1.165) is 0 Å². The van der Waals surface area contributed by atoms with Crippen molar-refractivity contribution in [2.45, 2.75) is 17.3 Å². The number of ether oxygens (including phenoxy) is 2. The molecule has 0 aliphatic carbocycles. The molecule has 9 heteroatoms. The first-order valence-corrected chi connectivity index (χ1v) is 9.96. The zero-order valence-electron chi connectivity index (χ0n) is 16.4. The van der Waals surface area contributed by atoms with Gasteiger partial charge in [-0.25, -0.2) is 4.98 Å². The molecular weight excluding hydrogens is 414 g/mol. The largest absolute Gasteiger partial charge is 0.495 e. The molecule has 0 spiro atoms. The van der Waals surface area contributed by atoms with Gasteiger partial charge >= 0.3 is 0 Å². The number of hydrogen-bond donors (Lipinski definition) is 1. The molecule has 1 heterocycles. The Hall–Kier alpha value is -2.71. The van der Waals surface area contributed by atoms with Crippen LogP contribution in [0.25, 0.3) is 10.9 Å². The number of halogens is 1. The van der Waals surface area contributed by atoms with Crippen LogP contribution in [0.2, 0.25) is 5.02 Å². The Morgan fingerprint density at radius 1 is 1.21 bits per heavy atom. The first-order valence-electron chi connectivity index (χ1n) is 8.70. The van der Waals surface area contributed by atoms with Gasteiger partial charge in [0.15, 0.2) is 5.16 Å². The third-order valence-corrected chi connectivity index (χ3v) is 5.76. The van der Waals surface area contributed by atoms with Crippen molar-refractivity contribution in [1.29, 1.82) is 0 Å². The summed E-state index contributed by atoms with van der Waals surface area (Å²) in [6.07, 6.45) is 0. The minimum absolute atomic E-state index is 0.158. The summed E-state index contributed by atoms with van der Waals surface area (Å²) in [7, 11) is 4.63. The summed E-state index contributed by atoms with van der Waals surface area (Å²) in [5.41, 5.74) is 0.861. The molecule has 0 aliphatic rings. The van der Waals surface area contributed by atoms with E-state index in [9.17, 15) is 9.59 Å². The third kappa shape index (κ3) is 4.33. The van der Waals surface area contributed by atoms with Crippen LogP contribution in [0.15, 0.2) is 46.3 Å². The summed E-state index contributed by atoms with van der Waals surface area (Å²) < 4.78 is 11.9. The highest BCUT2D eigenvalue weighted by Crippen LogP contribution is 2.36. The van der Waals surface area contributed by atoms with Gasteiger partial charge in [-0.1, -0.05) is 35.5 Å². The number of rotatable bonds is 6. The lowest BCUT2D eigenvalue weighted by Crippen LogP contribution is -2.25. The summed E-state index contributed by atoms with van der Waals surface area (Å²) >= 11 is 7.35. The van der Waals surface area contributed by atoms with Crippen molar-refractivity contribution in [2.75, 3.05) is 19.5 Å². The molecule has 0 fully saturated rings. The number of para-hydroxylation sites is 1. The summed E-state index contributed by atoms with van der Waals surface area (Å²) in [5.74, 6) is 0.587. The Morgan fingerprint density at radius 2 is 1.90 bits per heavy atom. The van der Waals surface area contributed by atoms with E-state index in [2.05, 4.69) is 10.3 Å². The zero-order chi connectivity index (χ0) is 21.1. The Labute approximate surface area is 177 Å². The lowest BCUT2D eigenvalue weighted by Gasteiger charge is -2.16. The SMILES string of the molecule is COc1cc(OC)c(NC(=O)C(C)Sc2nc3ccccc3c(=O)n2C)cc1Cl. The Bertz CT molecular complexity index is 1130. The van der Waals surface area contributed by atoms with Crippen LogP contribution in [-0.4, -0.2) is 34.9 Å². The van der Waals surface area contributed by atoms with Crippen molar-refractivity contribution in [2.24, 2.45) is 7.05 Å². The highest BCUT2D eigenvalue weighted by Gasteiger charge is 2.20. The second kappa shape index (κ2) is 8.75. The molecule has 0 aliphatic heterocycles. The maximum Gasteiger partial charge on any atom is 0.261 e. The van der Waals surface area contributed by atoms with Crippen LogP contribution >= 0.6 is 23.4 Å². The molecule has 0 bridgehead atoms. The summed E-state index contributed by atoms with van der Waals surface area (Å²) in [6.45, 7) is 1.74. The molecule has 29 heavy (non-hydrogen) atoms. The van der Waals surface area contributed by atoms with Crippen LogP contribution < -0.4 is 20.3 Å². The average Bonchev–Trinajstić information content (AvgIpc) is 2.72. The maximum absolute atomic E-state index is 12.7. The summed E-state index contributed by atoms with van der Waals surface area (Å²) in [5, 5.41) is 3.62. The smallest absolute Gasteiger partial charge is 0.261 e. The number of aromatic nitrogens is 2. The molecule has 0 saturated carbocycles. The zero-order valence-corrected chi connectivity index (χ0v) is 17.9. The standard InChI is InChI=1S/C20H20ClN3O4S/c1-11(18(25)22-15-9-13(21)16(27-3)10-17(15)28-4)29-20-23-14-8-6-5-7-12(14)19(26)24(20)2/h5-11H,1-4H3,(H,22,25). The average molecular weight is 434 g/mol. The van der Waals surface area contributed by atoms with E-state index in [1.54, 1.807) is 44.3 Å². The second-order valence-electron chi connectivity index (χ2n) is 6.21. The number of amides is 1. The number of methoxy groups -OCH3 is 2. The fraction of sp³-hybridized carbons (Fsp3) is 0.250. The van der Waals surface area contributed by atoms with Crippen LogP contribution in [-0.2, 0) is 11.8 Å². The van der Waals surface area contributed by atoms with Gasteiger partial charge in [-0.15, -0.1) is 0 Å². The van der Waals surface area contributed by atoms with Crippen molar-refractivity contribution in [3.8, 4) is 11.5 Å². The van der Waals surface area contributed by atoms with Gasteiger partial charge in [0, 0.05) is 13.1 Å². The minimum Gasteiger partial charge on any atom is -0.495 e. The predicted molar refractivity (Wildman–Crippen MR) is 115 cm³/mol. The van der Waals surface area contributed by atoms with E-state index in [1.165, 1.54) is 30.5 Å². The lowest BCUT2D eigenvalue weighted by molar-refractivity contribution is -0.115. The lowest BCUT2D eigenvalue weighted by atomic mass is 10.2. The number of carbonyl (C=O) groups excluding carboxylic acids is 1. The van der Waals surface area contributed by atoms with E-state index in [4.69, 9.17) is 21.1 Å². The summed E-state index contributed by atoms with van der Waals surface area (Å²) in [4.78, 5) is 29.8. The maximum atomic E-state index is 12.7. The van der Waals surface area contributed by atoms with Gasteiger partial charge in [0.2, 0.25) is 5.91 Å². The number of fused-ring (bicyclic) bond motifs is 1. The van der Waals surface area contributed by atoms with E-state index >= 15 is 0 Å². The fourth-order valence-electron chi connectivity index (χ4n) is 2.71. The molecular formula is C20H20ClN3O4S. The van der Waals surface area contributed by atoms with Crippen molar-refractivity contribution in [3.63, 3.8) is 0 Å². The van der Waals surface area contributed by atoms with Crippen LogP contribution in [0.5, 0.6) is 11.5 Å². The molecule has 3 aromatic rings. The molecule has 7 nitrogen and oxygen atoms in total. The Morgan fingerprint density at radius 3 is 2.59 bits per heavy atom. The van der Waals surface area contributed by atoms with Gasteiger partial charge in [0.25, 0.3) is 5.56 Å². The van der Waals surface area contributed by atoms with Crippen LogP contribution in [0.3, 0.4) is 0 Å².